The molecule has 5 nitrogen and oxygen atoms in total. The Labute approximate surface area is 163 Å². The van der Waals surface area contributed by atoms with Crippen molar-refractivity contribution in [2.75, 3.05) is 18.4 Å². The summed E-state index contributed by atoms with van der Waals surface area (Å²) in [5.41, 5.74) is 2.95. The molecule has 2 aromatic carbocycles. The van der Waals surface area contributed by atoms with Crippen molar-refractivity contribution in [2.24, 2.45) is 5.92 Å². The number of hydrogen-bond acceptors (Lipinski definition) is 3. The number of anilines is 1. The van der Waals surface area contributed by atoms with Crippen LogP contribution in [0.3, 0.4) is 0 Å². The standard InChI is InChI=1S/C22H22FN3O2/c1-14-8-15(2)10-17(9-14)22(28)26-7-3-4-16(13-26)21(27)25-19-5-6-20(23)18(11-19)12-24/h5-6,8-11,16H,3-4,7,13H2,1-2H3,(H,25,27). The van der Waals surface area contributed by atoms with E-state index in [4.69, 9.17) is 5.26 Å². The molecule has 0 bridgehead atoms. The number of rotatable bonds is 3. The number of nitrogens with zero attached hydrogens (tertiary/aromatic N) is 2. The molecule has 0 radical (unpaired) electrons. The number of halogens is 1. The maximum atomic E-state index is 13.4. The summed E-state index contributed by atoms with van der Waals surface area (Å²) in [6.45, 7) is 4.86. The summed E-state index contributed by atoms with van der Waals surface area (Å²) in [6.07, 6.45) is 1.41. The summed E-state index contributed by atoms with van der Waals surface area (Å²) in [5, 5.41) is 11.7. The first-order valence-electron chi connectivity index (χ1n) is 9.25. The van der Waals surface area contributed by atoms with Crippen LogP contribution in [-0.2, 0) is 4.79 Å². The van der Waals surface area contributed by atoms with E-state index in [0.29, 0.717) is 30.8 Å². The number of hydrogen-bond donors (Lipinski definition) is 1. The van der Waals surface area contributed by atoms with Crippen molar-refractivity contribution < 1.29 is 14.0 Å². The van der Waals surface area contributed by atoms with Crippen LogP contribution in [0, 0.1) is 36.9 Å². The predicted octanol–water partition coefficient (Wildman–Crippen LogP) is 3.81. The molecule has 3 rings (SSSR count). The molecule has 1 saturated heterocycles. The van der Waals surface area contributed by atoms with Gasteiger partial charge in [-0.25, -0.2) is 4.39 Å². The van der Waals surface area contributed by atoms with Crippen LogP contribution in [0.1, 0.15) is 39.9 Å². The summed E-state index contributed by atoms with van der Waals surface area (Å²) in [7, 11) is 0. The molecular weight excluding hydrogens is 357 g/mol. The second-order valence-electron chi connectivity index (χ2n) is 7.26. The zero-order valence-corrected chi connectivity index (χ0v) is 16.0. The largest absolute Gasteiger partial charge is 0.338 e. The lowest BCUT2D eigenvalue weighted by Crippen LogP contribution is -2.43. The van der Waals surface area contributed by atoms with Crippen LogP contribution < -0.4 is 5.32 Å². The lowest BCUT2D eigenvalue weighted by atomic mass is 9.96. The fraction of sp³-hybridized carbons (Fsp3) is 0.318. The van der Waals surface area contributed by atoms with E-state index >= 15 is 0 Å². The number of aryl methyl sites for hydroxylation is 2. The van der Waals surface area contributed by atoms with E-state index in [0.717, 1.165) is 23.6 Å². The number of carbonyl (C=O) groups excluding carboxylic acids is 2. The Bertz CT molecular complexity index is 944. The SMILES string of the molecule is Cc1cc(C)cc(C(=O)N2CCCC(C(=O)Nc3ccc(F)c(C#N)c3)C2)c1. The monoisotopic (exact) mass is 379 g/mol. The van der Waals surface area contributed by atoms with E-state index < -0.39 is 5.82 Å². The smallest absolute Gasteiger partial charge is 0.253 e. The summed E-state index contributed by atoms with van der Waals surface area (Å²) < 4.78 is 13.4. The summed E-state index contributed by atoms with van der Waals surface area (Å²) in [5.74, 6) is -1.27. The third kappa shape index (κ3) is 4.37. The third-order valence-electron chi connectivity index (χ3n) is 4.90. The molecule has 2 aromatic rings. The normalized spacial score (nSPS) is 16.4. The molecule has 1 atom stereocenters. The van der Waals surface area contributed by atoms with Crippen LogP contribution in [0.15, 0.2) is 36.4 Å². The third-order valence-corrected chi connectivity index (χ3v) is 4.90. The summed E-state index contributed by atoms with van der Waals surface area (Å²) >= 11 is 0. The van der Waals surface area contributed by atoms with E-state index in [1.165, 1.54) is 12.1 Å². The van der Waals surface area contributed by atoms with Gasteiger partial charge in [-0.3, -0.25) is 9.59 Å². The van der Waals surface area contributed by atoms with Gasteiger partial charge in [0, 0.05) is 24.3 Å². The molecule has 6 heteroatoms. The maximum absolute atomic E-state index is 13.4. The second kappa shape index (κ2) is 8.22. The highest BCUT2D eigenvalue weighted by molar-refractivity contribution is 5.96. The van der Waals surface area contributed by atoms with E-state index in [1.807, 2.05) is 32.0 Å². The van der Waals surface area contributed by atoms with Crippen LogP contribution in [0.5, 0.6) is 0 Å². The lowest BCUT2D eigenvalue weighted by molar-refractivity contribution is -0.121. The van der Waals surface area contributed by atoms with E-state index in [2.05, 4.69) is 5.32 Å². The summed E-state index contributed by atoms with van der Waals surface area (Å²) in [6, 6.07) is 11.4. The number of likely N-dealkylation sites (tertiary alicyclic amines) is 1. The highest BCUT2D eigenvalue weighted by Crippen LogP contribution is 2.22. The van der Waals surface area contributed by atoms with Gasteiger partial charge < -0.3 is 10.2 Å². The molecule has 0 aliphatic carbocycles. The Morgan fingerprint density at radius 3 is 2.57 bits per heavy atom. The van der Waals surface area contributed by atoms with Crippen LogP contribution in [-0.4, -0.2) is 29.8 Å². The Balaban J connectivity index is 1.69. The highest BCUT2D eigenvalue weighted by Gasteiger charge is 2.29. The van der Waals surface area contributed by atoms with Crippen LogP contribution >= 0.6 is 0 Å². The number of amides is 2. The Hall–Kier alpha value is -3.20. The van der Waals surface area contributed by atoms with E-state index in [9.17, 15) is 14.0 Å². The molecular formula is C22H22FN3O2. The van der Waals surface area contributed by atoms with E-state index in [-0.39, 0.29) is 23.3 Å². The Morgan fingerprint density at radius 1 is 1.18 bits per heavy atom. The van der Waals surface area contributed by atoms with Gasteiger partial charge in [0.2, 0.25) is 5.91 Å². The molecule has 28 heavy (non-hydrogen) atoms. The Kier molecular flexibility index (Phi) is 5.74. The fourth-order valence-electron chi connectivity index (χ4n) is 3.59. The van der Waals surface area contributed by atoms with Gasteiger partial charge in [0.05, 0.1) is 11.5 Å². The van der Waals surface area contributed by atoms with Crippen LogP contribution in [0.4, 0.5) is 10.1 Å². The zero-order valence-electron chi connectivity index (χ0n) is 16.0. The van der Waals surface area contributed by atoms with Gasteiger partial charge in [-0.15, -0.1) is 0 Å². The molecule has 1 fully saturated rings. The van der Waals surface area contributed by atoms with Crippen molar-refractivity contribution in [1.82, 2.24) is 4.90 Å². The van der Waals surface area contributed by atoms with Gasteiger partial charge in [-0.05, 0) is 57.0 Å². The highest BCUT2D eigenvalue weighted by atomic mass is 19.1. The van der Waals surface area contributed by atoms with Gasteiger partial charge in [0.15, 0.2) is 0 Å². The van der Waals surface area contributed by atoms with Crippen LogP contribution in [0.25, 0.3) is 0 Å². The minimum absolute atomic E-state index is 0.0714. The van der Waals surface area contributed by atoms with Crippen molar-refractivity contribution in [3.8, 4) is 6.07 Å². The topological polar surface area (TPSA) is 73.2 Å². The first-order valence-corrected chi connectivity index (χ1v) is 9.25. The van der Waals surface area contributed by atoms with Gasteiger partial charge in [-0.1, -0.05) is 17.2 Å². The average Bonchev–Trinajstić information content (AvgIpc) is 2.68. The molecule has 144 valence electrons. The molecule has 1 aliphatic heterocycles. The van der Waals surface area contributed by atoms with Crippen LogP contribution in [0.2, 0.25) is 0 Å². The zero-order chi connectivity index (χ0) is 20.3. The second-order valence-corrected chi connectivity index (χ2v) is 7.26. The van der Waals surface area contributed by atoms with Crippen molar-refractivity contribution in [3.05, 3.63) is 64.5 Å². The number of carbonyl (C=O) groups is 2. The maximum Gasteiger partial charge on any atom is 0.253 e. The number of nitrogens with one attached hydrogen (secondary N) is 1. The quantitative estimate of drug-likeness (QED) is 0.881. The van der Waals surface area contributed by atoms with Crippen molar-refractivity contribution in [2.45, 2.75) is 26.7 Å². The van der Waals surface area contributed by atoms with Crippen molar-refractivity contribution >= 4 is 17.5 Å². The fourth-order valence-corrected chi connectivity index (χ4v) is 3.59. The number of nitriles is 1. The van der Waals surface area contributed by atoms with Gasteiger partial charge in [0.1, 0.15) is 11.9 Å². The van der Waals surface area contributed by atoms with E-state index in [1.54, 1.807) is 11.0 Å². The lowest BCUT2D eigenvalue weighted by Gasteiger charge is -2.32. The van der Waals surface area contributed by atoms with Gasteiger partial charge >= 0.3 is 0 Å². The minimum Gasteiger partial charge on any atom is -0.338 e. The number of benzene rings is 2. The molecule has 1 aliphatic rings. The molecule has 0 saturated carbocycles. The number of piperidine rings is 1. The van der Waals surface area contributed by atoms with Gasteiger partial charge in [0.25, 0.3) is 5.91 Å². The molecule has 1 N–H and O–H groups in total. The first-order chi connectivity index (χ1) is 13.4. The predicted molar refractivity (Wildman–Crippen MR) is 104 cm³/mol. The molecule has 0 spiro atoms. The molecule has 1 heterocycles. The Morgan fingerprint density at radius 2 is 1.89 bits per heavy atom. The van der Waals surface area contributed by atoms with Crippen molar-refractivity contribution in [3.63, 3.8) is 0 Å². The molecule has 0 aromatic heterocycles. The van der Waals surface area contributed by atoms with Gasteiger partial charge in [-0.2, -0.15) is 5.26 Å². The first kappa shape index (κ1) is 19.6. The average molecular weight is 379 g/mol. The summed E-state index contributed by atoms with van der Waals surface area (Å²) in [4.78, 5) is 27.2. The molecule has 1 unspecified atom stereocenters. The minimum atomic E-state index is -0.622. The molecule has 2 amide bonds. The van der Waals surface area contributed by atoms with Crippen molar-refractivity contribution in [1.29, 1.82) is 5.26 Å².